The van der Waals surface area contributed by atoms with Crippen molar-refractivity contribution in [1.82, 2.24) is 0 Å². The van der Waals surface area contributed by atoms with E-state index in [0.29, 0.717) is 19.3 Å². The minimum absolute atomic E-state index is 0.0841. The summed E-state index contributed by atoms with van der Waals surface area (Å²) in [6.07, 6.45) is 72.8. The van der Waals surface area contributed by atoms with Crippen LogP contribution < -0.4 is 0 Å². The third kappa shape index (κ3) is 53.2. The van der Waals surface area contributed by atoms with Crippen LogP contribution in [0.5, 0.6) is 0 Å². The Morgan fingerprint density at radius 3 is 0.925 bits per heavy atom. The van der Waals surface area contributed by atoms with Crippen LogP contribution >= 0.6 is 0 Å². The molecule has 1 atom stereocenters. The Hall–Kier alpha value is -3.67. The van der Waals surface area contributed by atoms with E-state index in [-0.39, 0.29) is 31.1 Å². The van der Waals surface area contributed by atoms with Gasteiger partial charge in [-0.3, -0.25) is 14.4 Å². The maximum absolute atomic E-state index is 12.7. The summed E-state index contributed by atoms with van der Waals surface area (Å²) in [4.78, 5) is 37.8. The summed E-state index contributed by atoms with van der Waals surface area (Å²) in [5.41, 5.74) is 0. The number of esters is 3. The van der Waals surface area contributed by atoms with E-state index in [1.54, 1.807) is 0 Å². The molecule has 67 heavy (non-hydrogen) atoms. The number of unbranched alkanes of at least 4 members (excludes halogenated alkanes) is 22. The SMILES string of the molecule is CC/C=C\C/C=C\C/C=C\C/C=C\C/C=C\C/C=C\C/C=C\CCCCCCCCCC(=O)OCC(COC(=O)CCCCCCCC)OC(=O)CCCCCCC/C=C\CCCCCCC. The number of ether oxygens (including phenoxy) is 3. The first-order chi connectivity index (χ1) is 33.0. The van der Waals surface area contributed by atoms with E-state index in [4.69, 9.17) is 14.2 Å². The van der Waals surface area contributed by atoms with Crippen LogP contribution in [0.2, 0.25) is 0 Å². The minimum atomic E-state index is -0.783. The molecular weight excluding hydrogens is 829 g/mol. The molecule has 0 spiro atoms. The second-order valence-corrected chi connectivity index (χ2v) is 18.1. The summed E-state index contributed by atoms with van der Waals surface area (Å²) in [6, 6.07) is 0. The van der Waals surface area contributed by atoms with Crippen molar-refractivity contribution >= 4 is 17.9 Å². The molecule has 0 aliphatic rings. The van der Waals surface area contributed by atoms with Crippen LogP contribution in [0.1, 0.15) is 252 Å². The summed E-state index contributed by atoms with van der Waals surface area (Å²) < 4.78 is 16.7. The van der Waals surface area contributed by atoms with Gasteiger partial charge in [-0.2, -0.15) is 0 Å². The van der Waals surface area contributed by atoms with Crippen molar-refractivity contribution < 1.29 is 28.6 Å². The van der Waals surface area contributed by atoms with Crippen LogP contribution in [0.4, 0.5) is 0 Å². The van der Waals surface area contributed by atoms with E-state index in [2.05, 4.69) is 118 Å². The van der Waals surface area contributed by atoms with E-state index >= 15 is 0 Å². The Kier molecular flexibility index (Phi) is 51.9. The second-order valence-electron chi connectivity index (χ2n) is 18.1. The van der Waals surface area contributed by atoms with Gasteiger partial charge in [0.2, 0.25) is 0 Å². The van der Waals surface area contributed by atoms with Crippen LogP contribution in [-0.2, 0) is 28.6 Å². The first kappa shape index (κ1) is 63.3. The number of carbonyl (C=O) groups is 3. The molecule has 0 aliphatic heterocycles. The van der Waals surface area contributed by atoms with Gasteiger partial charge in [0.15, 0.2) is 6.10 Å². The molecule has 382 valence electrons. The monoisotopic (exact) mass is 931 g/mol. The summed E-state index contributed by atoms with van der Waals surface area (Å²) in [5, 5.41) is 0. The first-order valence-electron chi connectivity index (χ1n) is 27.7. The maximum Gasteiger partial charge on any atom is 0.306 e. The van der Waals surface area contributed by atoms with E-state index in [1.807, 2.05) is 0 Å². The van der Waals surface area contributed by atoms with Crippen molar-refractivity contribution in [2.75, 3.05) is 13.2 Å². The molecule has 0 saturated carbocycles. The zero-order chi connectivity index (χ0) is 48.6. The highest BCUT2D eigenvalue weighted by molar-refractivity contribution is 5.71. The van der Waals surface area contributed by atoms with Crippen molar-refractivity contribution in [2.24, 2.45) is 0 Å². The summed E-state index contributed by atoms with van der Waals surface area (Å²) in [5.74, 6) is -0.915. The average Bonchev–Trinajstić information content (AvgIpc) is 3.33. The number of allylic oxidation sites excluding steroid dienone is 16. The molecule has 1 unspecified atom stereocenters. The average molecular weight is 931 g/mol. The Balaban J connectivity index is 4.16. The van der Waals surface area contributed by atoms with E-state index in [0.717, 1.165) is 122 Å². The van der Waals surface area contributed by atoms with Gasteiger partial charge < -0.3 is 14.2 Å². The van der Waals surface area contributed by atoms with Crippen molar-refractivity contribution in [3.05, 3.63) is 97.2 Å². The molecule has 0 aromatic carbocycles. The fourth-order valence-electron chi connectivity index (χ4n) is 7.42. The predicted octanol–water partition coefficient (Wildman–Crippen LogP) is 18.5. The number of rotatable bonds is 49. The van der Waals surface area contributed by atoms with Crippen molar-refractivity contribution in [2.45, 2.75) is 258 Å². The topological polar surface area (TPSA) is 78.9 Å². The molecule has 0 radical (unpaired) electrons. The highest BCUT2D eigenvalue weighted by Gasteiger charge is 2.19. The van der Waals surface area contributed by atoms with Crippen molar-refractivity contribution in [3.63, 3.8) is 0 Å². The van der Waals surface area contributed by atoms with Gasteiger partial charge in [0.05, 0.1) is 0 Å². The molecule has 6 nitrogen and oxygen atoms in total. The zero-order valence-corrected chi connectivity index (χ0v) is 43.6. The van der Waals surface area contributed by atoms with Gasteiger partial charge in [-0.05, 0) is 103 Å². The van der Waals surface area contributed by atoms with Gasteiger partial charge in [-0.15, -0.1) is 0 Å². The van der Waals surface area contributed by atoms with Crippen LogP contribution in [0.25, 0.3) is 0 Å². The lowest BCUT2D eigenvalue weighted by Gasteiger charge is -2.18. The van der Waals surface area contributed by atoms with E-state index in [9.17, 15) is 14.4 Å². The van der Waals surface area contributed by atoms with Crippen LogP contribution in [0, 0.1) is 0 Å². The van der Waals surface area contributed by atoms with Crippen molar-refractivity contribution in [1.29, 1.82) is 0 Å². The quantitative estimate of drug-likeness (QED) is 0.0262. The summed E-state index contributed by atoms with van der Waals surface area (Å²) in [7, 11) is 0. The minimum Gasteiger partial charge on any atom is -0.462 e. The molecule has 0 aromatic rings. The lowest BCUT2D eigenvalue weighted by Crippen LogP contribution is -2.30. The van der Waals surface area contributed by atoms with Crippen LogP contribution in [0.3, 0.4) is 0 Å². The standard InChI is InChI=1S/C61H102O6/c1-4-7-10-13-16-18-20-22-24-25-26-27-28-29-30-31-32-33-34-35-36-37-38-40-41-43-45-48-51-54-60(63)66-57-58(56-65-59(62)53-50-47-15-12-9-6-3)67-61(64)55-52-49-46-44-42-39-23-21-19-17-14-11-8-5-2/h7,10,16,18,21-24,26-27,29-30,32-33,35-36,58H,4-6,8-9,11-15,17,19-20,25,28,31,34,37-57H2,1-3H3/b10-7-,18-16-,23-21-,24-22-,27-26-,30-29-,33-32-,36-35-. The van der Waals surface area contributed by atoms with Crippen LogP contribution in [-0.4, -0.2) is 37.2 Å². The van der Waals surface area contributed by atoms with Gasteiger partial charge in [0.25, 0.3) is 0 Å². The molecule has 6 heteroatoms. The predicted molar refractivity (Wildman–Crippen MR) is 288 cm³/mol. The zero-order valence-electron chi connectivity index (χ0n) is 43.6. The molecule has 0 saturated heterocycles. The van der Waals surface area contributed by atoms with E-state index in [1.165, 1.54) is 89.9 Å². The number of hydrogen-bond donors (Lipinski definition) is 0. The Morgan fingerprint density at radius 2 is 0.582 bits per heavy atom. The lowest BCUT2D eigenvalue weighted by atomic mass is 10.1. The fraction of sp³-hybridized carbons (Fsp3) is 0.689. The third-order valence-electron chi connectivity index (χ3n) is 11.6. The van der Waals surface area contributed by atoms with E-state index < -0.39 is 6.10 Å². The normalized spacial score (nSPS) is 12.8. The lowest BCUT2D eigenvalue weighted by molar-refractivity contribution is -0.167. The Morgan fingerprint density at radius 1 is 0.313 bits per heavy atom. The summed E-state index contributed by atoms with van der Waals surface area (Å²) in [6.45, 7) is 6.43. The molecule has 0 amide bonds. The van der Waals surface area contributed by atoms with Gasteiger partial charge in [0.1, 0.15) is 13.2 Å². The molecule has 0 aliphatic carbocycles. The highest BCUT2D eigenvalue weighted by atomic mass is 16.6. The molecule has 0 fully saturated rings. The molecular formula is C61H102O6. The molecule has 0 N–H and O–H groups in total. The largest absolute Gasteiger partial charge is 0.462 e. The smallest absolute Gasteiger partial charge is 0.306 e. The molecule has 0 heterocycles. The van der Waals surface area contributed by atoms with Gasteiger partial charge in [-0.25, -0.2) is 0 Å². The highest BCUT2D eigenvalue weighted by Crippen LogP contribution is 2.14. The Bertz CT molecular complexity index is 1350. The number of carbonyl (C=O) groups excluding carboxylic acids is 3. The van der Waals surface area contributed by atoms with Gasteiger partial charge in [-0.1, -0.05) is 227 Å². The first-order valence-corrected chi connectivity index (χ1v) is 27.7. The van der Waals surface area contributed by atoms with Gasteiger partial charge in [0, 0.05) is 19.3 Å². The number of hydrogen-bond acceptors (Lipinski definition) is 6. The fourth-order valence-corrected chi connectivity index (χ4v) is 7.42. The second kappa shape index (κ2) is 54.9. The molecule has 0 bridgehead atoms. The summed E-state index contributed by atoms with van der Waals surface area (Å²) >= 11 is 0. The van der Waals surface area contributed by atoms with Gasteiger partial charge >= 0.3 is 17.9 Å². The van der Waals surface area contributed by atoms with Crippen LogP contribution in [0.15, 0.2) is 97.2 Å². The maximum atomic E-state index is 12.7. The van der Waals surface area contributed by atoms with Crippen molar-refractivity contribution in [3.8, 4) is 0 Å². The Labute approximate surface area is 413 Å². The third-order valence-corrected chi connectivity index (χ3v) is 11.6. The molecule has 0 rings (SSSR count). The molecule has 0 aromatic heterocycles.